The van der Waals surface area contributed by atoms with Gasteiger partial charge >= 0.3 is 0 Å². The number of amidine groups is 1. The summed E-state index contributed by atoms with van der Waals surface area (Å²) < 4.78 is 0. The van der Waals surface area contributed by atoms with Crippen LogP contribution in [0.5, 0.6) is 0 Å². The van der Waals surface area contributed by atoms with Gasteiger partial charge in [0.25, 0.3) is 5.91 Å². The number of amides is 1. The van der Waals surface area contributed by atoms with Crippen LogP contribution < -0.4 is 5.32 Å². The zero-order valence-corrected chi connectivity index (χ0v) is 7.17. The predicted octanol–water partition coefficient (Wildman–Crippen LogP) is 1.22. The summed E-state index contributed by atoms with van der Waals surface area (Å²) >= 11 is 5.79. The highest BCUT2D eigenvalue weighted by Crippen LogP contribution is 2.23. The third kappa shape index (κ3) is 1.07. The van der Waals surface area contributed by atoms with Gasteiger partial charge in [-0.1, -0.05) is 28.9 Å². The second kappa shape index (κ2) is 2.74. The molecule has 66 valence electrons. The Morgan fingerprint density at radius 3 is 2.92 bits per heavy atom. The molecule has 1 aliphatic rings. The van der Waals surface area contributed by atoms with Crippen molar-refractivity contribution in [3.63, 3.8) is 0 Å². The molecule has 13 heavy (non-hydrogen) atoms. The van der Waals surface area contributed by atoms with Crippen molar-refractivity contribution in [3.8, 4) is 0 Å². The van der Waals surface area contributed by atoms with Gasteiger partial charge in [0.1, 0.15) is 0 Å². The lowest BCUT2D eigenvalue weighted by Crippen LogP contribution is -2.21. The minimum atomic E-state index is -0.339. The normalized spacial score (nSPS) is 17.3. The molecule has 0 aliphatic carbocycles. The molecule has 0 saturated heterocycles. The quantitative estimate of drug-likeness (QED) is 0.484. The van der Waals surface area contributed by atoms with Gasteiger partial charge in [-0.3, -0.25) is 4.79 Å². The van der Waals surface area contributed by atoms with Gasteiger partial charge in [-0.25, -0.2) is 0 Å². The monoisotopic (exact) mass is 196 g/mol. The average Bonchev–Trinajstić information content (AvgIpc) is 2.44. The van der Waals surface area contributed by atoms with Gasteiger partial charge < -0.3 is 10.5 Å². The van der Waals surface area contributed by atoms with Gasteiger partial charge in [0.05, 0.1) is 10.6 Å². The molecule has 2 rings (SSSR count). The van der Waals surface area contributed by atoms with Crippen LogP contribution in [0, 0.1) is 0 Å². The van der Waals surface area contributed by atoms with E-state index in [2.05, 4.69) is 10.5 Å². The highest BCUT2D eigenvalue weighted by molar-refractivity contribution is 6.37. The number of benzene rings is 1. The summed E-state index contributed by atoms with van der Waals surface area (Å²) in [6.45, 7) is 0. The number of hydrogen-bond acceptors (Lipinski definition) is 3. The van der Waals surface area contributed by atoms with Crippen LogP contribution in [0.3, 0.4) is 0 Å². The maximum absolute atomic E-state index is 11.3. The Morgan fingerprint density at radius 1 is 1.46 bits per heavy atom. The zero-order valence-electron chi connectivity index (χ0n) is 6.41. The van der Waals surface area contributed by atoms with E-state index >= 15 is 0 Å². The first kappa shape index (κ1) is 8.07. The highest BCUT2D eigenvalue weighted by atomic mass is 35.5. The van der Waals surface area contributed by atoms with Crippen molar-refractivity contribution in [1.29, 1.82) is 0 Å². The van der Waals surface area contributed by atoms with Crippen LogP contribution in [0.2, 0.25) is 5.02 Å². The minimum Gasteiger partial charge on any atom is -0.409 e. The smallest absolute Gasteiger partial charge is 0.259 e. The van der Waals surface area contributed by atoms with Gasteiger partial charge in [-0.15, -0.1) is 0 Å². The van der Waals surface area contributed by atoms with Crippen LogP contribution in [0.15, 0.2) is 23.4 Å². The van der Waals surface area contributed by atoms with Crippen LogP contribution in [0.1, 0.15) is 15.9 Å². The summed E-state index contributed by atoms with van der Waals surface area (Å²) in [6.07, 6.45) is 0. The van der Waals surface area contributed by atoms with E-state index in [1.165, 1.54) is 0 Å². The van der Waals surface area contributed by atoms with Crippen LogP contribution in [0.4, 0.5) is 0 Å². The van der Waals surface area contributed by atoms with E-state index in [4.69, 9.17) is 16.8 Å². The van der Waals surface area contributed by atoms with E-state index in [-0.39, 0.29) is 11.7 Å². The molecule has 0 saturated carbocycles. The zero-order chi connectivity index (χ0) is 9.42. The molecule has 0 atom stereocenters. The Hall–Kier alpha value is -1.55. The standard InChI is InChI=1S/C8H5ClN2O2/c9-5-3-1-2-4-6(5)8(12)10-7(4)11-13/h1-3,13H,(H,10,11,12). The SMILES string of the molecule is O=C1NC(=NO)c2cccc(Cl)c21. The molecule has 0 spiro atoms. The minimum absolute atomic E-state index is 0.141. The fourth-order valence-electron chi connectivity index (χ4n) is 1.27. The molecule has 1 heterocycles. The Labute approximate surface area is 78.8 Å². The molecule has 0 radical (unpaired) electrons. The molecule has 1 aromatic rings. The topological polar surface area (TPSA) is 61.7 Å². The van der Waals surface area contributed by atoms with Crippen molar-refractivity contribution in [2.24, 2.45) is 5.16 Å². The van der Waals surface area contributed by atoms with Crippen LogP contribution in [0.25, 0.3) is 0 Å². The fourth-order valence-corrected chi connectivity index (χ4v) is 1.53. The lowest BCUT2D eigenvalue weighted by Gasteiger charge is -1.95. The van der Waals surface area contributed by atoms with Crippen LogP contribution in [-0.4, -0.2) is 17.0 Å². The summed E-state index contributed by atoms with van der Waals surface area (Å²) in [4.78, 5) is 11.3. The summed E-state index contributed by atoms with van der Waals surface area (Å²) in [6, 6.07) is 4.96. The van der Waals surface area contributed by atoms with E-state index in [0.29, 0.717) is 16.1 Å². The molecular weight excluding hydrogens is 192 g/mol. The lowest BCUT2D eigenvalue weighted by atomic mass is 10.1. The van der Waals surface area contributed by atoms with Gasteiger partial charge in [0, 0.05) is 5.56 Å². The second-order valence-electron chi connectivity index (χ2n) is 2.57. The van der Waals surface area contributed by atoms with Crippen molar-refractivity contribution in [1.82, 2.24) is 5.32 Å². The first-order chi connectivity index (χ1) is 6.24. The number of fused-ring (bicyclic) bond motifs is 1. The Morgan fingerprint density at radius 2 is 2.23 bits per heavy atom. The molecular formula is C8H5ClN2O2. The summed E-state index contributed by atoms with van der Waals surface area (Å²) in [5.41, 5.74) is 0.886. The van der Waals surface area contributed by atoms with Gasteiger partial charge in [-0.2, -0.15) is 0 Å². The Bertz CT molecular complexity index is 415. The van der Waals surface area contributed by atoms with Gasteiger partial charge in [0.2, 0.25) is 0 Å². The van der Waals surface area contributed by atoms with Crippen LogP contribution in [-0.2, 0) is 0 Å². The average molecular weight is 197 g/mol. The number of carbonyl (C=O) groups excluding carboxylic acids is 1. The van der Waals surface area contributed by atoms with Crippen molar-refractivity contribution in [3.05, 3.63) is 34.3 Å². The number of nitrogens with one attached hydrogen (secondary N) is 1. The largest absolute Gasteiger partial charge is 0.409 e. The van der Waals surface area contributed by atoms with Crippen molar-refractivity contribution in [2.75, 3.05) is 0 Å². The van der Waals surface area contributed by atoms with Gasteiger partial charge in [0.15, 0.2) is 5.84 Å². The predicted molar refractivity (Wildman–Crippen MR) is 47.2 cm³/mol. The molecule has 0 bridgehead atoms. The first-order valence-corrected chi connectivity index (χ1v) is 3.94. The number of oxime groups is 1. The third-order valence-corrected chi connectivity index (χ3v) is 2.14. The molecule has 1 aliphatic heterocycles. The number of rotatable bonds is 0. The van der Waals surface area contributed by atoms with E-state index in [1.807, 2.05) is 0 Å². The molecule has 1 aromatic carbocycles. The number of halogens is 1. The van der Waals surface area contributed by atoms with Crippen molar-refractivity contribution < 1.29 is 10.0 Å². The van der Waals surface area contributed by atoms with Crippen LogP contribution >= 0.6 is 11.6 Å². The lowest BCUT2D eigenvalue weighted by molar-refractivity contribution is 0.0982. The Kier molecular flexibility index (Phi) is 1.70. The number of carbonyl (C=O) groups is 1. The molecule has 2 N–H and O–H groups in total. The van der Waals surface area contributed by atoms with E-state index in [1.54, 1.807) is 18.2 Å². The van der Waals surface area contributed by atoms with Crippen molar-refractivity contribution in [2.45, 2.75) is 0 Å². The second-order valence-corrected chi connectivity index (χ2v) is 2.97. The van der Waals surface area contributed by atoms with Crippen molar-refractivity contribution >= 4 is 23.3 Å². The molecule has 0 unspecified atom stereocenters. The van der Waals surface area contributed by atoms with Gasteiger partial charge in [-0.05, 0) is 6.07 Å². The molecule has 5 heteroatoms. The van der Waals surface area contributed by atoms with E-state index in [9.17, 15) is 4.79 Å². The third-order valence-electron chi connectivity index (χ3n) is 1.83. The summed E-state index contributed by atoms with van der Waals surface area (Å²) in [5.74, 6) is -0.198. The Balaban J connectivity index is 2.72. The highest BCUT2D eigenvalue weighted by Gasteiger charge is 2.27. The maximum Gasteiger partial charge on any atom is 0.259 e. The number of nitrogens with zero attached hydrogens (tertiary/aromatic N) is 1. The summed E-state index contributed by atoms with van der Waals surface area (Å²) in [7, 11) is 0. The maximum atomic E-state index is 11.3. The molecule has 4 nitrogen and oxygen atoms in total. The van der Waals surface area contributed by atoms with E-state index in [0.717, 1.165) is 0 Å². The summed E-state index contributed by atoms with van der Waals surface area (Å²) in [5, 5.41) is 14.2. The molecule has 1 amide bonds. The number of hydrogen-bond donors (Lipinski definition) is 2. The van der Waals surface area contributed by atoms with E-state index < -0.39 is 0 Å². The molecule has 0 fully saturated rings. The fraction of sp³-hybridized carbons (Fsp3) is 0. The molecule has 0 aromatic heterocycles. The first-order valence-electron chi connectivity index (χ1n) is 3.56.